The van der Waals surface area contributed by atoms with E-state index < -0.39 is 5.91 Å². The van der Waals surface area contributed by atoms with Crippen LogP contribution in [0.25, 0.3) is 22.5 Å². The van der Waals surface area contributed by atoms with Crippen molar-refractivity contribution in [3.63, 3.8) is 0 Å². The quantitative estimate of drug-likeness (QED) is 0.502. The van der Waals surface area contributed by atoms with Crippen LogP contribution in [0.2, 0.25) is 0 Å². The van der Waals surface area contributed by atoms with Gasteiger partial charge >= 0.3 is 6.01 Å². The Hall–Kier alpha value is -4.34. The lowest BCUT2D eigenvalue weighted by Crippen LogP contribution is -2.16. The van der Waals surface area contributed by atoms with Gasteiger partial charge in [-0.15, -0.1) is 0 Å². The number of ether oxygens (including phenoxy) is 2. The number of hydrogen-bond acceptors (Lipinski definition) is 9. The summed E-state index contributed by atoms with van der Waals surface area (Å²) in [6.45, 7) is 1.67. The van der Waals surface area contributed by atoms with Crippen LogP contribution in [0, 0.1) is 6.92 Å². The van der Waals surface area contributed by atoms with Crippen LogP contribution in [-0.4, -0.2) is 45.2 Å². The highest BCUT2D eigenvalue weighted by Gasteiger charge is 2.23. The van der Waals surface area contributed by atoms with E-state index in [2.05, 4.69) is 30.4 Å². The zero-order valence-electron chi connectivity index (χ0n) is 17.0. The predicted molar refractivity (Wildman–Crippen MR) is 111 cm³/mol. The van der Waals surface area contributed by atoms with Gasteiger partial charge in [0.25, 0.3) is 11.8 Å². The average Bonchev–Trinajstić information content (AvgIpc) is 3.21. The Bertz CT molecular complexity index is 1210. The summed E-state index contributed by atoms with van der Waals surface area (Å²) in [4.78, 5) is 29.8. The van der Waals surface area contributed by atoms with Gasteiger partial charge in [0.2, 0.25) is 0 Å². The Balaban J connectivity index is 1.63. The standard InChI is InChI=1S/C21H18N6O4/c1-12-16(17(27-31-12)13-7-5-4-6-8-13)19(28)26-18-20(29-2)25-15(11-22-18)14-9-23-21(30-3)24-10-14/h4-11H,1-3H3,(H,22,26,28). The number of benzene rings is 1. The maximum absolute atomic E-state index is 13.0. The molecule has 1 amide bonds. The van der Waals surface area contributed by atoms with E-state index in [1.807, 2.05) is 30.3 Å². The first-order valence-corrected chi connectivity index (χ1v) is 9.21. The van der Waals surface area contributed by atoms with Gasteiger partial charge in [-0.2, -0.15) is 0 Å². The maximum Gasteiger partial charge on any atom is 0.316 e. The lowest BCUT2D eigenvalue weighted by Gasteiger charge is -2.10. The fourth-order valence-corrected chi connectivity index (χ4v) is 2.90. The van der Waals surface area contributed by atoms with Crippen molar-refractivity contribution >= 4 is 11.7 Å². The molecule has 0 bridgehead atoms. The third-order valence-electron chi connectivity index (χ3n) is 4.41. The molecule has 10 heteroatoms. The molecule has 0 aliphatic carbocycles. The topological polar surface area (TPSA) is 125 Å². The lowest BCUT2D eigenvalue weighted by molar-refractivity contribution is 0.102. The number of rotatable bonds is 6. The summed E-state index contributed by atoms with van der Waals surface area (Å²) in [5.74, 6) is 0.239. The number of anilines is 1. The van der Waals surface area contributed by atoms with E-state index in [-0.39, 0.29) is 17.7 Å². The van der Waals surface area contributed by atoms with E-state index in [1.54, 1.807) is 19.3 Å². The number of aromatic nitrogens is 5. The fourth-order valence-electron chi connectivity index (χ4n) is 2.90. The van der Waals surface area contributed by atoms with Gasteiger partial charge in [0.05, 0.1) is 26.1 Å². The number of nitrogens with zero attached hydrogens (tertiary/aromatic N) is 5. The molecule has 10 nitrogen and oxygen atoms in total. The van der Waals surface area contributed by atoms with Crippen LogP contribution < -0.4 is 14.8 Å². The molecule has 0 spiro atoms. The van der Waals surface area contributed by atoms with E-state index in [4.69, 9.17) is 14.0 Å². The average molecular weight is 418 g/mol. The Morgan fingerprint density at radius 2 is 1.71 bits per heavy atom. The van der Waals surface area contributed by atoms with E-state index >= 15 is 0 Å². The van der Waals surface area contributed by atoms with Crippen molar-refractivity contribution in [2.75, 3.05) is 19.5 Å². The number of carbonyl (C=O) groups excluding carboxylic acids is 1. The molecule has 0 aliphatic heterocycles. The Kier molecular flexibility index (Phi) is 5.52. The molecule has 0 aliphatic rings. The van der Waals surface area contributed by atoms with Crippen LogP contribution in [0.15, 0.2) is 53.4 Å². The van der Waals surface area contributed by atoms with Crippen molar-refractivity contribution in [1.29, 1.82) is 0 Å². The Labute approximate surface area is 177 Å². The van der Waals surface area contributed by atoms with Gasteiger partial charge in [0, 0.05) is 23.5 Å². The number of aryl methyl sites for hydroxylation is 1. The second kappa shape index (κ2) is 8.57. The highest BCUT2D eigenvalue weighted by Crippen LogP contribution is 2.28. The third-order valence-corrected chi connectivity index (χ3v) is 4.41. The van der Waals surface area contributed by atoms with Crippen molar-refractivity contribution in [2.24, 2.45) is 0 Å². The molecule has 0 saturated heterocycles. The molecule has 3 aromatic heterocycles. The summed E-state index contributed by atoms with van der Waals surface area (Å²) >= 11 is 0. The SMILES string of the molecule is COc1ncc(-c2cnc(NC(=O)c3c(-c4ccccc4)noc3C)c(OC)n2)cn1. The van der Waals surface area contributed by atoms with Crippen LogP contribution in [0.3, 0.4) is 0 Å². The molecule has 4 rings (SSSR count). The number of hydrogen-bond donors (Lipinski definition) is 1. The van der Waals surface area contributed by atoms with Crippen molar-refractivity contribution in [2.45, 2.75) is 6.92 Å². The van der Waals surface area contributed by atoms with Crippen LogP contribution in [0.5, 0.6) is 11.9 Å². The summed E-state index contributed by atoms with van der Waals surface area (Å²) in [7, 11) is 2.92. The highest BCUT2D eigenvalue weighted by molar-refractivity contribution is 6.08. The normalized spacial score (nSPS) is 10.5. The second-order valence-corrected chi connectivity index (χ2v) is 6.35. The van der Waals surface area contributed by atoms with Crippen molar-refractivity contribution in [3.8, 4) is 34.4 Å². The molecule has 0 unspecified atom stereocenters. The van der Waals surface area contributed by atoms with Crippen molar-refractivity contribution < 1.29 is 18.8 Å². The van der Waals surface area contributed by atoms with Gasteiger partial charge < -0.3 is 19.3 Å². The second-order valence-electron chi connectivity index (χ2n) is 6.35. The third kappa shape index (κ3) is 4.04. The van der Waals surface area contributed by atoms with E-state index in [9.17, 15) is 4.79 Å². The number of amides is 1. The molecule has 31 heavy (non-hydrogen) atoms. The summed E-state index contributed by atoms with van der Waals surface area (Å²) in [6.07, 6.45) is 4.60. The predicted octanol–water partition coefficient (Wildman–Crippen LogP) is 3.17. The molecule has 3 heterocycles. The smallest absolute Gasteiger partial charge is 0.316 e. The van der Waals surface area contributed by atoms with E-state index in [1.165, 1.54) is 20.4 Å². The number of methoxy groups -OCH3 is 2. The Morgan fingerprint density at radius 3 is 2.39 bits per heavy atom. The summed E-state index contributed by atoms with van der Waals surface area (Å²) in [5.41, 5.74) is 2.60. The molecule has 1 N–H and O–H groups in total. The zero-order valence-corrected chi connectivity index (χ0v) is 17.0. The van der Waals surface area contributed by atoms with Crippen molar-refractivity contribution in [3.05, 3.63) is 60.2 Å². The molecule has 0 atom stereocenters. The molecule has 156 valence electrons. The van der Waals surface area contributed by atoms with Crippen LogP contribution >= 0.6 is 0 Å². The van der Waals surface area contributed by atoms with Gasteiger partial charge in [0.1, 0.15) is 17.0 Å². The monoisotopic (exact) mass is 418 g/mol. The van der Waals surface area contributed by atoms with Gasteiger partial charge in [-0.1, -0.05) is 35.5 Å². The molecule has 0 saturated carbocycles. The molecule has 0 fully saturated rings. The first kappa shape index (κ1) is 20.0. The van der Waals surface area contributed by atoms with Gasteiger partial charge in [-0.05, 0) is 6.92 Å². The lowest BCUT2D eigenvalue weighted by atomic mass is 10.1. The minimum Gasteiger partial charge on any atom is -0.478 e. The molecular formula is C21H18N6O4. The molecular weight excluding hydrogens is 400 g/mol. The fraction of sp³-hybridized carbons (Fsp3) is 0.143. The van der Waals surface area contributed by atoms with Gasteiger partial charge in [-0.3, -0.25) is 4.79 Å². The summed E-state index contributed by atoms with van der Waals surface area (Å²) in [5, 5.41) is 6.75. The summed E-state index contributed by atoms with van der Waals surface area (Å²) < 4.78 is 15.5. The van der Waals surface area contributed by atoms with Crippen LogP contribution in [0.4, 0.5) is 5.82 Å². The molecule has 0 radical (unpaired) electrons. The first-order chi connectivity index (χ1) is 15.1. The zero-order chi connectivity index (χ0) is 21.8. The molecule has 1 aromatic carbocycles. The first-order valence-electron chi connectivity index (χ1n) is 9.21. The minimum atomic E-state index is -0.439. The highest BCUT2D eigenvalue weighted by atomic mass is 16.5. The van der Waals surface area contributed by atoms with Gasteiger partial charge in [-0.25, -0.2) is 19.9 Å². The van der Waals surface area contributed by atoms with Crippen LogP contribution in [0.1, 0.15) is 16.1 Å². The number of carbonyl (C=O) groups is 1. The number of nitrogens with one attached hydrogen (secondary N) is 1. The van der Waals surface area contributed by atoms with Gasteiger partial charge in [0.15, 0.2) is 5.82 Å². The largest absolute Gasteiger partial charge is 0.478 e. The minimum absolute atomic E-state index is 0.136. The van der Waals surface area contributed by atoms with Crippen LogP contribution in [-0.2, 0) is 0 Å². The maximum atomic E-state index is 13.0. The van der Waals surface area contributed by atoms with E-state index in [0.717, 1.165) is 5.56 Å². The van der Waals surface area contributed by atoms with Crippen molar-refractivity contribution in [1.82, 2.24) is 25.1 Å². The van der Waals surface area contributed by atoms with E-state index in [0.29, 0.717) is 28.3 Å². The molecule has 4 aromatic rings. The summed E-state index contributed by atoms with van der Waals surface area (Å²) in [6, 6.07) is 9.53. The Morgan fingerprint density at radius 1 is 0.968 bits per heavy atom.